The number of pyridine rings is 1. The van der Waals surface area contributed by atoms with Gasteiger partial charge in [-0.2, -0.15) is 0 Å². The van der Waals surface area contributed by atoms with Crippen LogP contribution >= 0.6 is 22.9 Å². The van der Waals surface area contributed by atoms with Crippen LogP contribution in [0.4, 0.5) is 9.39 Å². The van der Waals surface area contributed by atoms with Gasteiger partial charge in [0.15, 0.2) is 0 Å². The lowest BCUT2D eigenvalue weighted by atomic mass is 10.2. The van der Waals surface area contributed by atoms with Gasteiger partial charge in [0.25, 0.3) is 11.8 Å². The van der Waals surface area contributed by atoms with Gasteiger partial charge < -0.3 is 10.6 Å². The van der Waals surface area contributed by atoms with Gasteiger partial charge in [0.1, 0.15) is 5.82 Å². The van der Waals surface area contributed by atoms with Gasteiger partial charge in [-0.05, 0) is 55.8 Å². The smallest absolute Gasteiger partial charge is 0.262 e. The van der Waals surface area contributed by atoms with Gasteiger partial charge in [0, 0.05) is 6.20 Å². The predicted octanol–water partition coefficient (Wildman–Crippen LogP) is 4.99. The molecule has 1 atom stereocenters. The number of hydrogen-bond acceptors (Lipinski definition) is 4. The summed E-state index contributed by atoms with van der Waals surface area (Å²) in [5.74, 6) is -1.24. The highest BCUT2D eigenvalue weighted by Crippen LogP contribution is 2.28. The van der Waals surface area contributed by atoms with Crippen molar-refractivity contribution >= 4 is 39.8 Å². The number of carbonyl (C=O) groups is 2. The quantitative estimate of drug-likeness (QED) is 0.614. The fourth-order valence-corrected chi connectivity index (χ4v) is 3.81. The van der Waals surface area contributed by atoms with Gasteiger partial charge in [0.2, 0.25) is 0 Å². The molecule has 2 amide bonds. The van der Waals surface area contributed by atoms with E-state index >= 15 is 0 Å². The fraction of sp³-hybridized carbons (Fsp3) is 0.150. The van der Waals surface area contributed by atoms with E-state index in [0.717, 1.165) is 28.7 Å². The summed E-state index contributed by atoms with van der Waals surface area (Å²) in [5, 5.41) is 6.12. The van der Waals surface area contributed by atoms with Crippen LogP contribution in [0.25, 0.3) is 0 Å². The predicted molar refractivity (Wildman–Crippen MR) is 109 cm³/mol. The van der Waals surface area contributed by atoms with Crippen LogP contribution in [0.5, 0.6) is 0 Å². The highest BCUT2D eigenvalue weighted by molar-refractivity contribution is 7.18. The van der Waals surface area contributed by atoms with Gasteiger partial charge in [-0.25, -0.2) is 4.39 Å². The Balaban J connectivity index is 1.72. The van der Waals surface area contributed by atoms with E-state index in [9.17, 15) is 14.0 Å². The third kappa shape index (κ3) is 4.55. The lowest BCUT2D eigenvalue weighted by Crippen LogP contribution is -2.26. The molecule has 3 aromatic rings. The molecule has 0 aliphatic rings. The second kappa shape index (κ2) is 8.50. The number of thiophene rings is 1. The zero-order valence-electron chi connectivity index (χ0n) is 15.1. The van der Waals surface area contributed by atoms with E-state index in [1.54, 1.807) is 19.2 Å². The third-order valence-electron chi connectivity index (χ3n) is 4.02. The van der Waals surface area contributed by atoms with Gasteiger partial charge in [-0.15, -0.1) is 11.3 Å². The Hall–Kier alpha value is -2.77. The van der Waals surface area contributed by atoms with Crippen molar-refractivity contribution in [3.8, 4) is 0 Å². The number of benzene rings is 1. The summed E-state index contributed by atoms with van der Waals surface area (Å²) in [7, 11) is 0. The summed E-state index contributed by atoms with van der Waals surface area (Å²) >= 11 is 7.08. The van der Waals surface area contributed by atoms with Crippen molar-refractivity contribution in [3.05, 3.63) is 81.2 Å². The van der Waals surface area contributed by atoms with E-state index in [0.29, 0.717) is 9.88 Å². The molecule has 0 saturated heterocycles. The Kier molecular flexibility index (Phi) is 6.06. The summed E-state index contributed by atoms with van der Waals surface area (Å²) in [5.41, 5.74) is 1.64. The van der Waals surface area contributed by atoms with Crippen molar-refractivity contribution in [1.82, 2.24) is 10.3 Å². The first-order chi connectivity index (χ1) is 13.3. The number of rotatable bonds is 5. The number of anilines is 1. The van der Waals surface area contributed by atoms with Crippen LogP contribution in [0.1, 0.15) is 44.3 Å². The average Bonchev–Trinajstić information content (AvgIpc) is 3.02. The molecule has 0 bridgehead atoms. The molecule has 0 spiro atoms. The Labute approximate surface area is 170 Å². The van der Waals surface area contributed by atoms with Crippen LogP contribution in [0.3, 0.4) is 0 Å². The van der Waals surface area contributed by atoms with Gasteiger partial charge in [-0.1, -0.05) is 17.7 Å². The first-order valence-corrected chi connectivity index (χ1v) is 9.63. The standard InChI is InChI=1S/C20H17ClFN3O2S/c1-11-9-17(25-19(26)14-7-6-13(22)10-15(14)21)28-18(11)20(27)24-12(2)16-5-3-4-8-23-16/h3-10,12H,1-2H3,(H,24,27)(H,25,26). The Morgan fingerprint density at radius 3 is 2.64 bits per heavy atom. The average molecular weight is 418 g/mol. The molecule has 0 radical (unpaired) electrons. The molecule has 0 saturated carbocycles. The minimum atomic E-state index is -0.519. The number of hydrogen-bond donors (Lipinski definition) is 2. The Bertz CT molecular complexity index is 1020. The van der Waals surface area contributed by atoms with E-state index < -0.39 is 11.7 Å². The van der Waals surface area contributed by atoms with Crippen molar-refractivity contribution in [2.24, 2.45) is 0 Å². The molecule has 2 aromatic heterocycles. The third-order valence-corrected chi connectivity index (χ3v) is 5.48. The van der Waals surface area contributed by atoms with E-state index in [1.807, 2.05) is 25.1 Å². The molecule has 0 aliphatic carbocycles. The molecule has 28 heavy (non-hydrogen) atoms. The molecule has 5 nitrogen and oxygen atoms in total. The highest BCUT2D eigenvalue weighted by Gasteiger charge is 2.19. The summed E-state index contributed by atoms with van der Waals surface area (Å²) < 4.78 is 13.1. The maximum absolute atomic E-state index is 13.1. The van der Waals surface area contributed by atoms with Gasteiger partial charge in [-0.3, -0.25) is 14.6 Å². The number of carbonyl (C=O) groups excluding carboxylic acids is 2. The molecule has 2 heterocycles. The second-order valence-electron chi connectivity index (χ2n) is 6.15. The van der Waals surface area contributed by atoms with Crippen molar-refractivity contribution in [1.29, 1.82) is 0 Å². The summed E-state index contributed by atoms with van der Waals surface area (Å²) in [6.07, 6.45) is 1.67. The number of amides is 2. The number of aromatic nitrogens is 1. The maximum atomic E-state index is 13.1. The van der Waals surface area contributed by atoms with E-state index in [2.05, 4.69) is 15.6 Å². The molecule has 1 unspecified atom stereocenters. The number of nitrogens with zero attached hydrogens (tertiary/aromatic N) is 1. The van der Waals surface area contributed by atoms with Crippen LogP contribution in [-0.2, 0) is 0 Å². The maximum Gasteiger partial charge on any atom is 0.262 e. The van der Waals surface area contributed by atoms with E-state index in [4.69, 9.17) is 11.6 Å². The monoisotopic (exact) mass is 417 g/mol. The highest BCUT2D eigenvalue weighted by atomic mass is 35.5. The molecule has 3 rings (SSSR count). The zero-order chi connectivity index (χ0) is 20.3. The summed E-state index contributed by atoms with van der Waals surface area (Å²) in [6.45, 7) is 3.64. The number of aryl methyl sites for hydroxylation is 1. The van der Waals surface area contributed by atoms with Crippen molar-refractivity contribution in [2.45, 2.75) is 19.9 Å². The molecule has 8 heteroatoms. The van der Waals surface area contributed by atoms with Crippen molar-refractivity contribution in [2.75, 3.05) is 5.32 Å². The molecule has 0 fully saturated rings. The molecular weight excluding hydrogens is 401 g/mol. The molecule has 1 aromatic carbocycles. The van der Waals surface area contributed by atoms with Crippen molar-refractivity contribution < 1.29 is 14.0 Å². The molecule has 0 aliphatic heterocycles. The van der Waals surface area contributed by atoms with Crippen LogP contribution < -0.4 is 10.6 Å². The van der Waals surface area contributed by atoms with E-state index in [1.165, 1.54) is 12.1 Å². The zero-order valence-corrected chi connectivity index (χ0v) is 16.7. The van der Waals surface area contributed by atoms with Crippen LogP contribution in [-0.4, -0.2) is 16.8 Å². The summed E-state index contributed by atoms with van der Waals surface area (Å²) in [6, 6.07) is 10.5. The Morgan fingerprint density at radius 1 is 1.18 bits per heavy atom. The van der Waals surface area contributed by atoms with Gasteiger partial charge >= 0.3 is 0 Å². The second-order valence-corrected chi connectivity index (χ2v) is 7.61. The summed E-state index contributed by atoms with van der Waals surface area (Å²) in [4.78, 5) is 29.7. The van der Waals surface area contributed by atoms with E-state index in [-0.39, 0.29) is 22.5 Å². The molecule has 2 N–H and O–H groups in total. The minimum absolute atomic E-state index is 0.0212. The first kappa shape index (κ1) is 20.0. The lowest BCUT2D eigenvalue weighted by molar-refractivity contribution is 0.0941. The first-order valence-electron chi connectivity index (χ1n) is 8.44. The van der Waals surface area contributed by atoms with Crippen molar-refractivity contribution in [3.63, 3.8) is 0 Å². The Morgan fingerprint density at radius 2 is 1.96 bits per heavy atom. The lowest BCUT2D eigenvalue weighted by Gasteiger charge is -2.12. The SMILES string of the molecule is Cc1cc(NC(=O)c2ccc(F)cc2Cl)sc1C(=O)NC(C)c1ccccn1. The minimum Gasteiger partial charge on any atom is -0.343 e. The van der Waals surface area contributed by atoms with Crippen LogP contribution in [0.2, 0.25) is 5.02 Å². The fourth-order valence-electron chi connectivity index (χ4n) is 2.59. The van der Waals surface area contributed by atoms with Gasteiger partial charge in [0.05, 0.1) is 32.2 Å². The normalized spacial score (nSPS) is 11.7. The van der Waals surface area contributed by atoms with Crippen LogP contribution in [0, 0.1) is 12.7 Å². The topological polar surface area (TPSA) is 71.1 Å². The van der Waals surface area contributed by atoms with Crippen LogP contribution in [0.15, 0.2) is 48.7 Å². The number of nitrogens with one attached hydrogen (secondary N) is 2. The molecule has 144 valence electrons. The largest absolute Gasteiger partial charge is 0.343 e. The number of halogens is 2. The molecular formula is C20H17ClFN3O2S.